The fourth-order valence-electron chi connectivity index (χ4n) is 0.870. The Balaban J connectivity index is 3.06. The van der Waals surface area contributed by atoms with Gasteiger partial charge < -0.3 is 4.74 Å². The Morgan fingerprint density at radius 1 is 1.21 bits per heavy atom. The number of benzene rings is 1. The topological polar surface area (TPSA) is 9.23 Å². The van der Waals surface area contributed by atoms with Gasteiger partial charge in [-0.2, -0.15) is 0 Å². The van der Waals surface area contributed by atoms with Gasteiger partial charge >= 0.3 is 6.36 Å². The summed E-state index contributed by atoms with van der Waals surface area (Å²) in [5, 5.41) is 0.257. The van der Waals surface area contributed by atoms with E-state index in [-0.39, 0.29) is 21.4 Å². The normalized spacial score (nSPS) is 11.6. The first-order chi connectivity index (χ1) is 6.31. The maximum Gasteiger partial charge on any atom is 0.573 e. The van der Waals surface area contributed by atoms with Gasteiger partial charge in [-0.1, -0.05) is 23.2 Å². The van der Waals surface area contributed by atoms with Crippen molar-refractivity contribution in [3.05, 3.63) is 27.7 Å². The maximum atomic E-state index is 11.9. The van der Waals surface area contributed by atoms with Crippen molar-refractivity contribution < 1.29 is 17.9 Å². The summed E-state index contributed by atoms with van der Waals surface area (Å²) in [6.45, 7) is 1.40. The molecule has 0 aromatic heterocycles. The van der Waals surface area contributed by atoms with E-state index in [0.717, 1.165) is 6.07 Å². The number of hydrogen-bond donors (Lipinski definition) is 0. The van der Waals surface area contributed by atoms with Gasteiger partial charge in [-0.15, -0.1) is 13.2 Å². The third-order valence-corrected chi connectivity index (χ3v) is 2.41. The van der Waals surface area contributed by atoms with E-state index in [2.05, 4.69) is 4.74 Å². The molecule has 0 heterocycles. The zero-order valence-corrected chi connectivity index (χ0v) is 8.46. The smallest absolute Gasteiger partial charge is 0.405 e. The van der Waals surface area contributed by atoms with Crippen LogP contribution in [0.5, 0.6) is 5.75 Å². The van der Waals surface area contributed by atoms with E-state index in [4.69, 9.17) is 23.2 Å². The summed E-state index contributed by atoms with van der Waals surface area (Å²) in [5.41, 5.74) is 0.163. The fraction of sp³-hybridized carbons (Fsp3) is 0.250. The van der Waals surface area contributed by atoms with Crippen LogP contribution in [0.15, 0.2) is 12.1 Å². The van der Waals surface area contributed by atoms with Crippen molar-refractivity contribution in [1.82, 2.24) is 0 Å². The molecule has 0 radical (unpaired) electrons. The molecule has 14 heavy (non-hydrogen) atoms. The van der Waals surface area contributed by atoms with Crippen LogP contribution in [0.3, 0.4) is 0 Å². The SMILES string of the molecule is Cc1c(OC(F)(F)F)ccc(Cl)c1Cl. The Morgan fingerprint density at radius 2 is 1.79 bits per heavy atom. The summed E-state index contributed by atoms with van der Waals surface area (Å²) in [5.74, 6) is -0.341. The summed E-state index contributed by atoms with van der Waals surface area (Å²) in [7, 11) is 0. The van der Waals surface area contributed by atoms with Crippen LogP contribution in [0.25, 0.3) is 0 Å². The van der Waals surface area contributed by atoms with Gasteiger partial charge in [0.05, 0.1) is 10.0 Å². The molecule has 0 saturated carbocycles. The van der Waals surface area contributed by atoms with Crippen LogP contribution in [0.1, 0.15) is 5.56 Å². The summed E-state index contributed by atoms with van der Waals surface area (Å²) in [6.07, 6.45) is -4.72. The summed E-state index contributed by atoms with van der Waals surface area (Å²) in [4.78, 5) is 0. The molecule has 0 unspecified atom stereocenters. The molecule has 0 atom stereocenters. The molecular weight excluding hydrogens is 240 g/mol. The van der Waals surface area contributed by atoms with Crippen LogP contribution >= 0.6 is 23.2 Å². The van der Waals surface area contributed by atoms with Crippen LogP contribution in [-0.4, -0.2) is 6.36 Å². The molecule has 1 rings (SSSR count). The van der Waals surface area contributed by atoms with Gasteiger partial charge in [0, 0.05) is 5.56 Å². The Morgan fingerprint density at radius 3 is 2.29 bits per heavy atom. The number of halogens is 5. The molecule has 0 aliphatic heterocycles. The quantitative estimate of drug-likeness (QED) is 0.720. The number of hydrogen-bond acceptors (Lipinski definition) is 1. The monoisotopic (exact) mass is 244 g/mol. The molecule has 6 heteroatoms. The van der Waals surface area contributed by atoms with Gasteiger partial charge in [-0.25, -0.2) is 0 Å². The van der Waals surface area contributed by atoms with Gasteiger partial charge in [0.15, 0.2) is 0 Å². The standard InChI is InChI=1S/C8H5Cl2F3O/c1-4-6(14-8(11,12)13)3-2-5(9)7(4)10/h2-3H,1H3. The second kappa shape index (κ2) is 3.87. The highest BCUT2D eigenvalue weighted by molar-refractivity contribution is 6.42. The van der Waals surface area contributed by atoms with E-state index in [1.54, 1.807) is 0 Å². The van der Waals surface area contributed by atoms with Crippen molar-refractivity contribution in [1.29, 1.82) is 0 Å². The predicted molar refractivity (Wildman–Crippen MR) is 47.9 cm³/mol. The van der Waals surface area contributed by atoms with Crippen molar-refractivity contribution in [3.8, 4) is 5.75 Å². The third-order valence-electron chi connectivity index (χ3n) is 1.52. The number of rotatable bonds is 1. The summed E-state index contributed by atoms with van der Waals surface area (Å²) < 4.78 is 39.3. The average Bonchev–Trinajstić information content (AvgIpc) is 2.04. The lowest BCUT2D eigenvalue weighted by molar-refractivity contribution is -0.274. The molecule has 78 valence electrons. The van der Waals surface area contributed by atoms with Crippen molar-refractivity contribution in [2.45, 2.75) is 13.3 Å². The van der Waals surface area contributed by atoms with Crippen LogP contribution in [0.4, 0.5) is 13.2 Å². The minimum atomic E-state index is -4.72. The van der Waals surface area contributed by atoms with Gasteiger partial charge in [0.1, 0.15) is 5.75 Å². The molecule has 0 spiro atoms. The lowest BCUT2D eigenvalue weighted by Crippen LogP contribution is -2.17. The van der Waals surface area contributed by atoms with Crippen LogP contribution in [0, 0.1) is 6.92 Å². The average molecular weight is 245 g/mol. The lowest BCUT2D eigenvalue weighted by Gasteiger charge is -2.12. The molecule has 0 fully saturated rings. The lowest BCUT2D eigenvalue weighted by atomic mass is 10.2. The van der Waals surface area contributed by atoms with Gasteiger partial charge in [-0.05, 0) is 19.1 Å². The molecule has 0 N–H and O–H groups in total. The first-order valence-electron chi connectivity index (χ1n) is 3.51. The Hall–Kier alpha value is -0.610. The minimum Gasteiger partial charge on any atom is -0.405 e. The van der Waals surface area contributed by atoms with Crippen LogP contribution < -0.4 is 4.74 Å². The van der Waals surface area contributed by atoms with Gasteiger partial charge in [-0.3, -0.25) is 0 Å². The zero-order chi connectivity index (χ0) is 10.9. The van der Waals surface area contributed by atoms with Gasteiger partial charge in [0.2, 0.25) is 0 Å². The van der Waals surface area contributed by atoms with Crippen molar-refractivity contribution in [3.63, 3.8) is 0 Å². The molecule has 0 bridgehead atoms. The van der Waals surface area contributed by atoms with Crippen molar-refractivity contribution in [2.24, 2.45) is 0 Å². The summed E-state index contributed by atoms with van der Waals surface area (Å²) in [6, 6.07) is 2.37. The Labute approximate surface area is 88.4 Å². The highest BCUT2D eigenvalue weighted by Crippen LogP contribution is 2.34. The highest BCUT2D eigenvalue weighted by atomic mass is 35.5. The second-order valence-electron chi connectivity index (χ2n) is 2.53. The summed E-state index contributed by atoms with van der Waals surface area (Å²) >= 11 is 11.2. The molecule has 0 amide bonds. The molecular formula is C8H5Cl2F3O. The van der Waals surface area contributed by atoms with E-state index >= 15 is 0 Å². The number of alkyl halides is 3. The van der Waals surface area contributed by atoms with E-state index in [9.17, 15) is 13.2 Å². The van der Waals surface area contributed by atoms with Crippen molar-refractivity contribution >= 4 is 23.2 Å². The van der Waals surface area contributed by atoms with E-state index < -0.39 is 6.36 Å². The van der Waals surface area contributed by atoms with E-state index in [1.165, 1.54) is 13.0 Å². The third kappa shape index (κ3) is 2.69. The predicted octanol–water partition coefficient (Wildman–Crippen LogP) is 4.20. The first kappa shape index (κ1) is 11.5. The van der Waals surface area contributed by atoms with Gasteiger partial charge in [0.25, 0.3) is 0 Å². The molecule has 1 aromatic rings. The minimum absolute atomic E-state index is 0.0633. The molecule has 0 aliphatic rings. The van der Waals surface area contributed by atoms with Crippen LogP contribution in [0.2, 0.25) is 10.0 Å². The zero-order valence-electron chi connectivity index (χ0n) is 6.95. The molecule has 0 aliphatic carbocycles. The molecule has 0 saturated heterocycles. The molecule has 1 nitrogen and oxygen atoms in total. The Kier molecular flexibility index (Phi) is 3.17. The maximum absolute atomic E-state index is 11.9. The Bertz CT molecular complexity index is 349. The van der Waals surface area contributed by atoms with E-state index in [1.807, 2.05) is 0 Å². The molecule has 1 aromatic carbocycles. The highest BCUT2D eigenvalue weighted by Gasteiger charge is 2.32. The second-order valence-corrected chi connectivity index (χ2v) is 3.32. The van der Waals surface area contributed by atoms with Crippen LogP contribution in [-0.2, 0) is 0 Å². The fourth-order valence-corrected chi connectivity index (χ4v) is 1.23. The van der Waals surface area contributed by atoms with Crippen molar-refractivity contribution in [2.75, 3.05) is 0 Å². The first-order valence-corrected chi connectivity index (χ1v) is 4.27. The number of ether oxygens (including phenoxy) is 1. The van der Waals surface area contributed by atoms with E-state index in [0.29, 0.717) is 0 Å². The largest absolute Gasteiger partial charge is 0.573 e.